The van der Waals surface area contributed by atoms with Gasteiger partial charge in [-0.2, -0.15) is 0 Å². The molecule has 0 N–H and O–H groups in total. The van der Waals surface area contributed by atoms with Crippen LogP contribution in [0.5, 0.6) is 0 Å². The molecule has 5 heteroatoms. The van der Waals surface area contributed by atoms with E-state index in [1.807, 2.05) is 35.6 Å². The number of thiophene rings is 1. The van der Waals surface area contributed by atoms with Crippen molar-refractivity contribution < 1.29 is 4.42 Å². The van der Waals surface area contributed by atoms with Crippen LogP contribution in [-0.4, -0.2) is 15.0 Å². The Hall–Kier alpha value is -6.95. The number of fused-ring (bicyclic) bond motifs is 11. The van der Waals surface area contributed by atoms with Crippen molar-refractivity contribution in [2.24, 2.45) is 0 Å². The lowest BCUT2D eigenvalue weighted by atomic mass is 9.85. The second-order valence-electron chi connectivity index (χ2n) is 14.6. The first-order valence-corrected chi connectivity index (χ1v) is 19.9. The van der Waals surface area contributed by atoms with Gasteiger partial charge in [0.05, 0.1) is 0 Å². The van der Waals surface area contributed by atoms with Crippen LogP contribution in [0.3, 0.4) is 0 Å². The predicted molar refractivity (Wildman–Crippen MR) is 232 cm³/mol. The number of hydrogen-bond donors (Lipinski definition) is 0. The van der Waals surface area contributed by atoms with Crippen LogP contribution in [0.25, 0.3) is 109 Å². The number of aromatic nitrogens is 3. The smallest absolute Gasteiger partial charge is 0.164 e. The summed E-state index contributed by atoms with van der Waals surface area (Å²) in [6.07, 6.45) is 2.08. The molecule has 1 aliphatic rings. The lowest BCUT2D eigenvalue weighted by Crippen LogP contribution is -2.05. The van der Waals surface area contributed by atoms with E-state index in [9.17, 15) is 0 Å². The second kappa shape index (κ2) is 12.3. The maximum absolute atomic E-state index is 6.85. The summed E-state index contributed by atoms with van der Waals surface area (Å²) in [5.74, 6) is 1.90. The first-order valence-electron chi connectivity index (χ1n) is 19.1. The maximum Gasteiger partial charge on any atom is 0.164 e. The molecule has 0 saturated carbocycles. The van der Waals surface area contributed by atoms with E-state index in [0.29, 0.717) is 17.5 Å². The van der Waals surface area contributed by atoms with E-state index >= 15 is 0 Å². The molecule has 11 aromatic rings. The molecule has 0 unspecified atom stereocenters. The third-order valence-corrected chi connectivity index (χ3v) is 12.7. The highest BCUT2D eigenvalue weighted by Gasteiger charge is 2.22. The first kappa shape index (κ1) is 31.4. The highest BCUT2D eigenvalue weighted by molar-refractivity contribution is 7.27. The van der Waals surface area contributed by atoms with Gasteiger partial charge in [-0.25, -0.2) is 15.0 Å². The van der Waals surface area contributed by atoms with Crippen LogP contribution < -0.4 is 0 Å². The Labute approximate surface area is 326 Å². The van der Waals surface area contributed by atoms with Crippen molar-refractivity contribution in [2.45, 2.75) is 12.8 Å². The minimum Gasteiger partial charge on any atom is -0.455 e. The molecule has 3 aromatic heterocycles. The van der Waals surface area contributed by atoms with Gasteiger partial charge in [-0.3, -0.25) is 0 Å². The number of furan rings is 1. The van der Waals surface area contributed by atoms with E-state index in [4.69, 9.17) is 19.4 Å². The zero-order valence-electron chi connectivity index (χ0n) is 30.2. The molecule has 12 rings (SSSR count). The third kappa shape index (κ3) is 4.81. The molecule has 0 radical (unpaired) electrons. The Morgan fingerprint density at radius 2 is 1.07 bits per heavy atom. The van der Waals surface area contributed by atoms with Crippen LogP contribution in [0, 0.1) is 0 Å². The number of hydrogen-bond acceptors (Lipinski definition) is 5. The normalized spacial score (nSPS) is 12.5. The molecule has 1 aliphatic carbocycles. The fourth-order valence-electron chi connectivity index (χ4n) is 8.78. The van der Waals surface area contributed by atoms with Crippen molar-refractivity contribution in [3.8, 4) is 56.4 Å². The highest BCUT2D eigenvalue weighted by Crippen LogP contribution is 2.46. The van der Waals surface area contributed by atoms with Gasteiger partial charge in [-0.15, -0.1) is 11.3 Å². The van der Waals surface area contributed by atoms with Crippen LogP contribution >= 0.6 is 11.3 Å². The molecule has 8 aromatic carbocycles. The van der Waals surface area contributed by atoms with Crippen molar-refractivity contribution in [2.75, 3.05) is 0 Å². The average Bonchev–Trinajstić information content (AvgIpc) is 3.86. The summed E-state index contributed by atoms with van der Waals surface area (Å²) in [6.45, 7) is 0. The van der Waals surface area contributed by atoms with E-state index < -0.39 is 0 Å². The molecule has 0 saturated heterocycles. The van der Waals surface area contributed by atoms with Crippen molar-refractivity contribution in [3.05, 3.63) is 175 Å². The molecule has 262 valence electrons. The van der Waals surface area contributed by atoms with Gasteiger partial charge in [0.2, 0.25) is 0 Å². The maximum atomic E-state index is 6.85. The number of aryl methyl sites for hydroxylation is 2. The van der Waals surface area contributed by atoms with Crippen molar-refractivity contribution in [1.82, 2.24) is 15.0 Å². The van der Waals surface area contributed by atoms with Gasteiger partial charge >= 0.3 is 0 Å². The van der Waals surface area contributed by atoms with E-state index in [2.05, 4.69) is 140 Å². The van der Waals surface area contributed by atoms with Crippen LogP contribution in [-0.2, 0) is 12.8 Å². The minimum absolute atomic E-state index is 0.615. The van der Waals surface area contributed by atoms with Gasteiger partial charge in [-0.05, 0) is 58.0 Å². The highest BCUT2D eigenvalue weighted by atomic mass is 32.1. The molecular weight excluding hydrogens is 703 g/mol. The summed E-state index contributed by atoms with van der Waals surface area (Å²) in [6, 6.07) is 58.1. The topological polar surface area (TPSA) is 51.8 Å². The lowest BCUT2D eigenvalue weighted by molar-refractivity contribution is 0.670. The molecule has 56 heavy (non-hydrogen) atoms. The molecule has 0 fully saturated rings. The Balaban J connectivity index is 1.06. The standard InChI is InChI=1S/C51H31N3OS/c1-2-13-33(14-3-1)49-52-50(34-26-25-32-24-23-30-11-4-6-15-35(30)43(32)29-34)54-51(53-49)42-21-10-22-44-45(42)41-20-8-17-37(46(41)55-44)38-18-9-19-39-40-28-27-31-12-5-7-16-36(31)47(40)56-48(38)39/h1-22,25-29H,23-24H2. The Morgan fingerprint density at radius 1 is 0.411 bits per heavy atom. The minimum atomic E-state index is 0.615. The van der Waals surface area contributed by atoms with Crippen molar-refractivity contribution in [3.63, 3.8) is 0 Å². The van der Waals surface area contributed by atoms with Gasteiger partial charge in [0, 0.05) is 58.8 Å². The molecular formula is C51H31N3OS. The summed E-state index contributed by atoms with van der Waals surface area (Å²) < 4.78 is 9.42. The van der Waals surface area contributed by atoms with E-state index in [1.165, 1.54) is 58.8 Å². The number of benzene rings is 8. The zero-order valence-corrected chi connectivity index (χ0v) is 31.0. The lowest BCUT2D eigenvalue weighted by Gasteiger charge is -2.20. The summed E-state index contributed by atoms with van der Waals surface area (Å²) in [5.41, 5.74) is 12.0. The van der Waals surface area contributed by atoms with Gasteiger partial charge in [0.15, 0.2) is 17.5 Å². The van der Waals surface area contributed by atoms with Gasteiger partial charge in [0.1, 0.15) is 11.2 Å². The van der Waals surface area contributed by atoms with Crippen LogP contribution in [0.1, 0.15) is 11.1 Å². The fraction of sp³-hybridized carbons (Fsp3) is 0.0392. The second-order valence-corrected chi connectivity index (χ2v) is 15.6. The summed E-state index contributed by atoms with van der Waals surface area (Å²) >= 11 is 1.86. The summed E-state index contributed by atoms with van der Waals surface area (Å²) in [5, 5.41) is 7.12. The largest absolute Gasteiger partial charge is 0.455 e. The summed E-state index contributed by atoms with van der Waals surface area (Å²) in [7, 11) is 0. The number of nitrogens with zero attached hydrogens (tertiary/aromatic N) is 3. The van der Waals surface area contributed by atoms with E-state index in [0.717, 1.165) is 57.0 Å². The van der Waals surface area contributed by atoms with Crippen LogP contribution in [0.4, 0.5) is 0 Å². The predicted octanol–water partition coefficient (Wildman–Crippen LogP) is 13.7. The molecule has 0 amide bonds. The molecule has 4 nitrogen and oxygen atoms in total. The van der Waals surface area contributed by atoms with Crippen LogP contribution in [0.2, 0.25) is 0 Å². The molecule has 0 spiro atoms. The monoisotopic (exact) mass is 733 g/mol. The van der Waals surface area contributed by atoms with Gasteiger partial charge in [-0.1, -0.05) is 152 Å². The summed E-state index contributed by atoms with van der Waals surface area (Å²) in [4.78, 5) is 15.5. The quantitative estimate of drug-likeness (QED) is 0.181. The third-order valence-electron chi connectivity index (χ3n) is 11.4. The number of para-hydroxylation sites is 1. The molecule has 3 heterocycles. The zero-order chi connectivity index (χ0) is 36.7. The van der Waals surface area contributed by atoms with Gasteiger partial charge in [0.25, 0.3) is 0 Å². The first-order chi connectivity index (χ1) is 27.7. The fourth-order valence-corrected chi connectivity index (χ4v) is 10.1. The average molecular weight is 734 g/mol. The molecule has 0 bridgehead atoms. The Bertz CT molecular complexity index is 3380. The van der Waals surface area contributed by atoms with Gasteiger partial charge < -0.3 is 4.42 Å². The Kier molecular flexibility index (Phi) is 6.89. The van der Waals surface area contributed by atoms with Crippen molar-refractivity contribution in [1.29, 1.82) is 0 Å². The van der Waals surface area contributed by atoms with Crippen molar-refractivity contribution >= 4 is 64.2 Å². The number of rotatable bonds is 4. The SMILES string of the molecule is c1ccc(-c2nc(-c3ccc4c(c3)-c3ccccc3CC4)nc(-c3cccc4oc5c(-c6cccc7c6sc6c8ccccc8ccc76)cccc5c34)n2)cc1. The van der Waals surface area contributed by atoms with E-state index in [1.54, 1.807) is 0 Å². The van der Waals surface area contributed by atoms with Crippen LogP contribution in [0.15, 0.2) is 168 Å². The Morgan fingerprint density at radius 3 is 1.98 bits per heavy atom. The molecule has 0 aliphatic heterocycles. The molecule has 0 atom stereocenters. The van der Waals surface area contributed by atoms with E-state index in [-0.39, 0.29) is 0 Å².